The van der Waals surface area contributed by atoms with Crippen molar-refractivity contribution in [3.05, 3.63) is 81.2 Å². The number of carbonyl (C=O) groups excluding carboxylic acids is 1. The number of halogens is 1. The average Bonchev–Trinajstić information content (AvgIpc) is 3.16. The lowest BCUT2D eigenvalue weighted by Crippen LogP contribution is -2.27. The zero-order chi connectivity index (χ0) is 21.3. The Morgan fingerprint density at radius 3 is 2.50 bits per heavy atom. The molecular formula is C23H20ClN3O2S. The van der Waals surface area contributed by atoms with E-state index in [-0.39, 0.29) is 18.0 Å². The van der Waals surface area contributed by atoms with Gasteiger partial charge in [-0.1, -0.05) is 49.7 Å². The fraction of sp³-hybridized carbons (Fsp3) is 0.174. The smallest absolute Gasteiger partial charge is 0.263 e. The minimum absolute atomic E-state index is 0.108. The number of benzene rings is 2. The molecule has 1 N–H and O–H groups in total. The summed E-state index contributed by atoms with van der Waals surface area (Å²) in [5.41, 5.74) is 3.34. The number of aromatic nitrogens is 2. The van der Waals surface area contributed by atoms with Gasteiger partial charge in [0.1, 0.15) is 11.4 Å². The van der Waals surface area contributed by atoms with E-state index < -0.39 is 0 Å². The Hall–Kier alpha value is -2.96. The third kappa shape index (κ3) is 4.15. The summed E-state index contributed by atoms with van der Waals surface area (Å²) in [6.07, 6.45) is 1.42. The number of nitrogens with zero attached hydrogens (tertiary/aromatic N) is 2. The van der Waals surface area contributed by atoms with E-state index in [2.05, 4.69) is 24.1 Å². The molecule has 0 radical (unpaired) electrons. The maximum Gasteiger partial charge on any atom is 0.263 e. The monoisotopic (exact) mass is 437 g/mol. The van der Waals surface area contributed by atoms with E-state index in [1.54, 1.807) is 12.1 Å². The molecule has 2 aromatic heterocycles. The molecule has 2 aromatic carbocycles. The van der Waals surface area contributed by atoms with Crippen LogP contribution in [0.1, 0.15) is 25.3 Å². The van der Waals surface area contributed by atoms with Crippen molar-refractivity contribution in [2.24, 2.45) is 0 Å². The molecule has 0 aliphatic rings. The molecule has 4 aromatic rings. The molecule has 0 fully saturated rings. The van der Waals surface area contributed by atoms with Crippen LogP contribution in [0.2, 0.25) is 5.02 Å². The molecular weight excluding hydrogens is 418 g/mol. The molecule has 0 saturated carbocycles. The van der Waals surface area contributed by atoms with Crippen molar-refractivity contribution in [3.8, 4) is 11.1 Å². The standard InChI is InChI=1S/C23H20ClN3O2S/c1-14(2)15-5-9-18(10-6-15)26-20(28)11-27-13-25-22-21(23(27)29)19(12-30-22)16-3-7-17(24)8-4-16/h3-10,12-14H,11H2,1-2H3,(H,26,28). The summed E-state index contributed by atoms with van der Waals surface area (Å²) in [4.78, 5) is 30.6. The topological polar surface area (TPSA) is 64.0 Å². The number of carbonyl (C=O) groups is 1. The van der Waals surface area contributed by atoms with Gasteiger partial charge in [-0.3, -0.25) is 14.2 Å². The van der Waals surface area contributed by atoms with Crippen LogP contribution in [0.3, 0.4) is 0 Å². The minimum atomic E-state index is -0.279. The summed E-state index contributed by atoms with van der Waals surface area (Å²) in [7, 11) is 0. The van der Waals surface area contributed by atoms with Crippen LogP contribution in [0.4, 0.5) is 5.69 Å². The van der Waals surface area contributed by atoms with Crippen LogP contribution in [0.25, 0.3) is 21.3 Å². The van der Waals surface area contributed by atoms with Crippen molar-refractivity contribution in [1.29, 1.82) is 0 Å². The summed E-state index contributed by atoms with van der Waals surface area (Å²) in [5.74, 6) is 0.144. The van der Waals surface area contributed by atoms with Gasteiger partial charge in [0.15, 0.2) is 0 Å². The summed E-state index contributed by atoms with van der Waals surface area (Å²) in [5, 5.41) is 5.89. The van der Waals surface area contributed by atoms with Gasteiger partial charge in [0.2, 0.25) is 5.91 Å². The van der Waals surface area contributed by atoms with Gasteiger partial charge < -0.3 is 5.32 Å². The third-order valence-corrected chi connectivity index (χ3v) is 6.03. The van der Waals surface area contributed by atoms with Crippen LogP contribution in [0.15, 0.2) is 65.0 Å². The fourth-order valence-corrected chi connectivity index (χ4v) is 4.26. The largest absolute Gasteiger partial charge is 0.325 e. The molecule has 4 rings (SSSR count). The average molecular weight is 438 g/mol. The number of hydrogen-bond acceptors (Lipinski definition) is 4. The Morgan fingerprint density at radius 1 is 1.13 bits per heavy atom. The Labute approximate surface area is 183 Å². The Bertz CT molecular complexity index is 1260. The molecule has 1 amide bonds. The van der Waals surface area contributed by atoms with E-state index in [1.165, 1.54) is 27.8 Å². The molecule has 0 unspecified atom stereocenters. The molecule has 30 heavy (non-hydrogen) atoms. The molecule has 5 nitrogen and oxygen atoms in total. The highest BCUT2D eigenvalue weighted by atomic mass is 35.5. The van der Waals surface area contributed by atoms with E-state index in [1.807, 2.05) is 41.8 Å². The molecule has 7 heteroatoms. The second kappa shape index (κ2) is 8.42. The molecule has 152 valence electrons. The van der Waals surface area contributed by atoms with Crippen molar-refractivity contribution < 1.29 is 4.79 Å². The van der Waals surface area contributed by atoms with E-state index >= 15 is 0 Å². The summed E-state index contributed by atoms with van der Waals surface area (Å²) in [6, 6.07) is 15.0. The first-order valence-electron chi connectivity index (χ1n) is 9.55. The number of anilines is 1. The van der Waals surface area contributed by atoms with Crippen LogP contribution >= 0.6 is 22.9 Å². The van der Waals surface area contributed by atoms with Crippen molar-refractivity contribution in [1.82, 2.24) is 9.55 Å². The number of fused-ring (bicyclic) bond motifs is 1. The Morgan fingerprint density at radius 2 is 1.83 bits per heavy atom. The predicted molar refractivity (Wildman–Crippen MR) is 123 cm³/mol. The van der Waals surface area contributed by atoms with Crippen LogP contribution in [0, 0.1) is 0 Å². The first kappa shape index (κ1) is 20.3. The van der Waals surface area contributed by atoms with Crippen LogP contribution in [0.5, 0.6) is 0 Å². The molecule has 0 aliphatic carbocycles. The van der Waals surface area contributed by atoms with Gasteiger partial charge in [-0.25, -0.2) is 4.98 Å². The lowest BCUT2D eigenvalue weighted by Gasteiger charge is -2.10. The Kier molecular flexibility index (Phi) is 5.70. The summed E-state index contributed by atoms with van der Waals surface area (Å²) >= 11 is 7.38. The highest BCUT2D eigenvalue weighted by Crippen LogP contribution is 2.31. The summed E-state index contributed by atoms with van der Waals surface area (Å²) in [6.45, 7) is 4.13. The van der Waals surface area contributed by atoms with E-state index in [0.717, 1.165) is 11.1 Å². The second-order valence-electron chi connectivity index (χ2n) is 7.34. The highest BCUT2D eigenvalue weighted by molar-refractivity contribution is 7.17. The van der Waals surface area contributed by atoms with E-state index in [4.69, 9.17) is 11.6 Å². The molecule has 0 bridgehead atoms. The number of rotatable bonds is 5. The zero-order valence-electron chi connectivity index (χ0n) is 16.6. The number of nitrogens with one attached hydrogen (secondary N) is 1. The fourth-order valence-electron chi connectivity index (χ4n) is 3.23. The number of amides is 1. The van der Waals surface area contributed by atoms with Crippen LogP contribution in [-0.2, 0) is 11.3 Å². The van der Waals surface area contributed by atoms with Crippen molar-refractivity contribution in [2.75, 3.05) is 5.32 Å². The molecule has 0 atom stereocenters. The first-order valence-corrected chi connectivity index (χ1v) is 10.8. The zero-order valence-corrected chi connectivity index (χ0v) is 18.1. The minimum Gasteiger partial charge on any atom is -0.325 e. The molecule has 0 aliphatic heterocycles. The lowest BCUT2D eigenvalue weighted by atomic mass is 10.0. The molecule has 2 heterocycles. The van der Waals surface area contributed by atoms with Crippen molar-refractivity contribution >= 4 is 44.7 Å². The van der Waals surface area contributed by atoms with Gasteiger partial charge in [0.05, 0.1) is 11.7 Å². The third-order valence-electron chi connectivity index (χ3n) is 4.89. The molecule has 0 saturated heterocycles. The SMILES string of the molecule is CC(C)c1ccc(NC(=O)Cn2cnc3scc(-c4ccc(Cl)cc4)c3c2=O)cc1. The van der Waals surface area contributed by atoms with Crippen LogP contribution in [-0.4, -0.2) is 15.5 Å². The lowest BCUT2D eigenvalue weighted by molar-refractivity contribution is -0.116. The van der Waals surface area contributed by atoms with Gasteiger partial charge in [0, 0.05) is 21.7 Å². The van der Waals surface area contributed by atoms with E-state index in [9.17, 15) is 9.59 Å². The highest BCUT2D eigenvalue weighted by Gasteiger charge is 2.15. The van der Waals surface area contributed by atoms with Crippen molar-refractivity contribution in [3.63, 3.8) is 0 Å². The van der Waals surface area contributed by atoms with Gasteiger partial charge >= 0.3 is 0 Å². The molecule has 0 spiro atoms. The predicted octanol–water partition coefficient (Wildman–Crippen LogP) is 5.54. The van der Waals surface area contributed by atoms with E-state index in [0.29, 0.717) is 26.8 Å². The van der Waals surface area contributed by atoms with Gasteiger partial charge in [-0.2, -0.15) is 0 Å². The maximum absolute atomic E-state index is 13.1. The second-order valence-corrected chi connectivity index (χ2v) is 8.63. The van der Waals surface area contributed by atoms with Gasteiger partial charge in [-0.15, -0.1) is 11.3 Å². The Balaban J connectivity index is 1.59. The van der Waals surface area contributed by atoms with Crippen LogP contribution < -0.4 is 10.9 Å². The normalized spacial score (nSPS) is 11.2. The van der Waals surface area contributed by atoms with Crippen molar-refractivity contribution in [2.45, 2.75) is 26.3 Å². The first-order chi connectivity index (χ1) is 14.4. The van der Waals surface area contributed by atoms with Gasteiger partial charge in [-0.05, 0) is 41.3 Å². The number of thiophene rings is 1. The summed E-state index contributed by atoms with van der Waals surface area (Å²) < 4.78 is 1.34. The quantitative estimate of drug-likeness (QED) is 0.445. The van der Waals surface area contributed by atoms with Gasteiger partial charge in [0.25, 0.3) is 5.56 Å². The number of hydrogen-bond donors (Lipinski definition) is 1. The maximum atomic E-state index is 13.1.